The van der Waals surface area contributed by atoms with Crippen LogP contribution in [0.2, 0.25) is 0 Å². The van der Waals surface area contributed by atoms with Crippen LogP contribution in [0.3, 0.4) is 0 Å². The zero-order chi connectivity index (χ0) is 27.5. The average Bonchev–Trinajstić information content (AvgIpc) is 2.91. The number of nitrogens with one attached hydrogen (secondary N) is 3. The summed E-state index contributed by atoms with van der Waals surface area (Å²) >= 11 is 0. The van der Waals surface area contributed by atoms with Gasteiger partial charge < -0.3 is 24.8 Å². The number of hydrazone groups is 1. The van der Waals surface area contributed by atoms with Gasteiger partial charge in [0.15, 0.2) is 18.1 Å². The van der Waals surface area contributed by atoms with Crippen molar-refractivity contribution >= 4 is 35.3 Å². The number of anilines is 2. The highest BCUT2D eigenvalue weighted by atomic mass is 16.5. The van der Waals surface area contributed by atoms with E-state index in [2.05, 4.69) is 21.2 Å². The Balaban J connectivity index is 1.55. The van der Waals surface area contributed by atoms with Crippen molar-refractivity contribution in [2.75, 3.05) is 31.0 Å². The lowest BCUT2D eigenvalue weighted by Crippen LogP contribution is -2.32. The number of methoxy groups -OCH3 is 1. The van der Waals surface area contributed by atoms with Gasteiger partial charge in [0, 0.05) is 5.69 Å². The Bertz CT molecular complexity index is 1340. The third-order valence-corrected chi connectivity index (χ3v) is 5.23. The number of amides is 3. The average molecular weight is 519 g/mol. The minimum atomic E-state index is -0.950. The van der Waals surface area contributed by atoms with Crippen LogP contribution in [0.4, 0.5) is 11.4 Å². The van der Waals surface area contributed by atoms with Crippen LogP contribution in [-0.2, 0) is 14.4 Å². The third kappa shape index (κ3) is 7.82. The maximum absolute atomic E-state index is 12.4. The Hall–Kier alpha value is -4.86. The van der Waals surface area contributed by atoms with E-state index < -0.39 is 11.8 Å². The van der Waals surface area contributed by atoms with Crippen molar-refractivity contribution in [1.29, 1.82) is 0 Å². The summed E-state index contributed by atoms with van der Waals surface area (Å²) in [5, 5.41) is 9.16. The number of carbonyl (C=O) groups is 3. The van der Waals surface area contributed by atoms with Gasteiger partial charge in [-0.15, -0.1) is 0 Å². The summed E-state index contributed by atoms with van der Waals surface area (Å²) in [6, 6.07) is 17.5. The lowest BCUT2D eigenvalue weighted by molar-refractivity contribution is -0.136. The van der Waals surface area contributed by atoms with Crippen molar-refractivity contribution in [2.24, 2.45) is 5.10 Å². The van der Waals surface area contributed by atoms with Crippen LogP contribution in [0, 0.1) is 13.8 Å². The van der Waals surface area contributed by atoms with Crippen molar-refractivity contribution in [2.45, 2.75) is 20.8 Å². The number of rotatable bonds is 10. The highest BCUT2D eigenvalue weighted by Crippen LogP contribution is 2.28. The molecule has 3 N–H and O–H groups in total. The van der Waals surface area contributed by atoms with Crippen LogP contribution >= 0.6 is 0 Å². The summed E-state index contributed by atoms with van der Waals surface area (Å²) < 4.78 is 16.4. The first-order chi connectivity index (χ1) is 18.3. The predicted octanol–water partition coefficient (Wildman–Crippen LogP) is 3.82. The fourth-order valence-corrected chi connectivity index (χ4v) is 3.33. The van der Waals surface area contributed by atoms with E-state index in [1.807, 2.05) is 39.0 Å². The lowest BCUT2D eigenvalue weighted by Gasteiger charge is -2.12. The van der Waals surface area contributed by atoms with E-state index >= 15 is 0 Å². The molecule has 0 atom stereocenters. The van der Waals surface area contributed by atoms with E-state index in [-0.39, 0.29) is 12.5 Å². The van der Waals surface area contributed by atoms with E-state index in [4.69, 9.17) is 14.2 Å². The summed E-state index contributed by atoms with van der Waals surface area (Å²) in [5.41, 5.74) is 5.84. The molecule has 0 radical (unpaired) electrons. The second-order valence-electron chi connectivity index (χ2n) is 8.15. The standard InChI is InChI=1S/C28H30N4O6/c1-5-37-23-9-7-6-8-21(23)31-27(34)28(35)32-29-16-20-12-13-24(25(15-20)36-4)38-17-26(33)30-22-14-18(2)10-11-19(22)3/h6-16H,5,17H2,1-4H3,(H,30,33)(H,31,34)(H,32,35)/b29-16-. The number of benzene rings is 3. The van der Waals surface area contributed by atoms with E-state index in [0.29, 0.717) is 35.1 Å². The fraction of sp³-hybridized carbons (Fsp3) is 0.214. The number of hydrogen-bond acceptors (Lipinski definition) is 7. The van der Waals surface area contributed by atoms with Crippen LogP contribution in [0.5, 0.6) is 17.2 Å². The first kappa shape index (κ1) is 27.7. The van der Waals surface area contributed by atoms with Gasteiger partial charge in [-0.3, -0.25) is 14.4 Å². The molecule has 198 valence electrons. The minimum Gasteiger partial charge on any atom is -0.493 e. The normalized spacial score (nSPS) is 10.5. The van der Waals surface area contributed by atoms with Crippen LogP contribution < -0.4 is 30.3 Å². The third-order valence-electron chi connectivity index (χ3n) is 5.23. The van der Waals surface area contributed by atoms with Crippen LogP contribution in [-0.4, -0.2) is 44.3 Å². The fourth-order valence-electron chi connectivity index (χ4n) is 3.33. The number of aryl methyl sites for hydroxylation is 2. The van der Waals surface area contributed by atoms with E-state index in [1.54, 1.807) is 42.5 Å². The zero-order valence-electron chi connectivity index (χ0n) is 21.7. The molecule has 0 aliphatic heterocycles. The SMILES string of the molecule is CCOc1ccccc1NC(=O)C(=O)N/N=C\c1ccc(OCC(=O)Nc2cc(C)ccc2C)c(OC)c1. The molecule has 0 bridgehead atoms. The number of ether oxygens (including phenoxy) is 3. The number of para-hydroxylation sites is 2. The largest absolute Gasteiger partial charge is 0.493 e. The molecule has 0 saturated heterocycles. The first-order valence-electron chi connectivity index (χ1n) is 11.8. The second kappa shape index (κ2) is 13.4. The molecule has 38 heavy (non-hydrogen) atoms. The van der Waals surface area contributed by atoms with Crippen molar-refractivity contribution in [3.8, 4) is 17.2 Å². The van der Waals surface area contributed by atoms with Gasteiger partial charge in [0.1, 0.15) is 5.75 Å². The summed E-state index contributed by atoms with van der Waals surface area (Å²) in [6.07, 6.45) is 1.35. The van der Waals surface area contributed by atoms with Gasteiger partial charge in [-0.2, -0.15) is 5.10 Å². The molecule has 3 rings (SSSR count). The van der Waals surface area contributed by atoms with Crippen molar-refractivity contribution in [3.63, 3.8) is 0 Å². The van der Waals surface area contributed by atoms with Crippen LogP contribution in [0.15, 0.2) is 65.8 Å². The minimum absolute atomic E-state index is 0.214. The number of nitrogens with zero attached hydrogens (tertiary/aromatic N) is 1. The zero-order valence-corrected chi connectivity index (χ0v) is 21.7. The van der Waals surface area contributed by atoms with Crippen LogP contribution in [0.1, 0.15) is 23.6 Å². The molecule has 3 aromatic rings. The monoisotopic (exact) mass is 518 g/mol. The molecule has 3 aromatic carbocycles. The maximum atomic E-state index is 12.4. The molecule has 10 nitrogen and oxygen atoms in total. The molecule has 0 saturated carbocycles. The second-order valence-corrected chi connectivity index (χ2v) is 8.15. The topological polar surface area (TPSA) is 127 Å². The lowest BCUT2D eigenvalue weighted by atomic mass is 10.1. The summed E-state index contributed by atoms with van der Waals surface area (Å²) in [7, 11) is 1.46. The summed E-state index contributed by atoms with van der Waals surface area (Å²) in [5.74, 6) is -0.973. The molecular formula is C28H30N4O6. The molecule has 0 aromatic heterocycles. The summed E-state index contributed by atoms with van der Waals surface area (Å²) in [6.45, 7) is 5.88. The predicted molar refractivity (Wildman–Crippen MR) is 145 cm³/mol. The summed E-state index contributed by atoms with van der Waals surface area (Å²) in [4.78, 5) is 36.7. The Kier molecular flexibility index (Phi) is 9.81. The highest BCUT2D eigenvalue weighted by Gasteiger charge is 2.15. The smallest absolute Gasteiger partial charge is 0.329 e. The van der Waals surface area contributed by atoms with Gasteiger partial charge in [0.2, 0.25) is 0 Å². The Morgan fingerprint density at radius 2 is 1.63 bits per heavy atom. The van der Waals surface area contributed by atoms with Gasteiger partial charge in [-0.25, -0.2) is 5.43 Å². The number of carbonyl (C=O) groups excluding carboxylic acids is 3. The van der Waals surface area contributed by atoms with Crippen molar-refractivity contribution < 1.29 is 28.6 Å². The van der Waals surface area contributed by atoms with Crippen molar-refractivity contribution in [3.05, 3.63) is 77.4 Å². The molecule has 0 unspecified atom stereocenters. The van der Waals surface area contributed by atoms with Gasteiger partial charge in [0.25, 0.3) is 5.91 Å². The molecule has 0 aliphatic carbocycles. The number of hydrogen-bond donors (Lipinski definition) is 3. The van der Waals surface area contributed by atoms with Gasteiger partial charge in [-0.05, 0) is 73.9 Å². The van der Waals surface area contributed by atoms with Gasteiger partial charge in [0.05, 0.1) is 25.6 Å². The molecule has 10 heteroatoms. The van der Waals surface area contributed by atoms with E-state index in [9.17, 15) is 14.4 Å². The quantitative estimate of drug-likeness (QED) is 0.213. The molecular weight excluding hydrogens is 488 g/mol. The maximum Gasteiger partial charge on any atom is 0.329 e. The van der Waals surface area contributed by atoms with Gasteiger partial charge >= 0.3 is 11.8 Å². The van der Waals surface area contributed by atoms with E-state index in [0.717, 1.165) is 16.8 Å². The molecule has 0 aliphatic rings. The molecule has 0 spiro atoms. The van der Waals surface area contributed by atoms with Crippen LogP contribution in [0.25, 0.3) is 0 Å². The Morgan fingerprint density at radius 3 is 2.39 bits per heavy atom. The molecule has 0 fully saturated rings. The Labute approximate surface area is 221 Å². The molecule has 0 heterocycles. The van der Waals surface area contributed by atoms with Gasteiger partial charge in [-0.1, -0.05) is 24.3 Å². The molecule has 3 amide bonds. The highest BCUT2D eigenvalue weighted by molar-refractivity contribution is 6.39. The Morgan fingerprint density at radius 1 is 0.842 bits per heavy atom. The first-order valence-corrected chi connectivity index (χ1v) is 11.8. The van der Waals surface area contributed by atoms with E-state index in [1.165, 1.54) is 13.3 Å². The van der Waals surface area contributed by atoms with Crippen molar-refractivity contribution in [1.82, 2.24) is 5.43 Å².